The summed E-state index contributed by atoms with van der Waals surface area (Å²) < 4.78 is 22.9. The van der Waals surface area contributed by atoms with Crippen molar-refractivity contribution in [1.29, 1.82) is 0 Å². The average Bonchev–Trinajstić information content (AvgIpc) is 2.88. The molecule has 1 aliphatic heterocycles. The number of ether oxygens (including phenoxy) is 2. The third kappa shape index (κ3) is 8.71. The van der Waals surface area contributed by atoms with Gasteiger partial charge in [0.1, 0.15) is 5.60 Å². The molecule has 0 saturated carbocycles. The van der Waals surface area contributed by atoms with Crippen LogP contribution in [-0.4, -0.2) is 72.9 Å². The number of esters is 1. The first kappa shape index (κ1) is 29.6. The van der Waals surface area contributed by atoms with Crippen molar-refractivity contribution in [3.05, 3.63) is 0 Å². The molecule has 0 aromatic rings. The molecule has 1 saturated heterocycles. The van der Waals surface area contributed by atoms with Crippen LogP contribution in [0.5, 0.6) is 0 Å². The van der Waals surface area contributed by atoms with Gasteiger partial charge in [-0.3, -0.25) is 4.90 Å². The van der Waals surface area contributed by atoms with Crippen molar-refractivity contribution in [2.75, 3.05) is 26.5 Å². The molecule has 33 heavy (non-hydrogen) atoms. The van der Waals surface area contributed by atoms with Crippen molar-refractivity contribution >= 4 is 19.2 Å². The van der Waals surface area contributed by atoms with Crippen molar-refractivity contribution in [3.63, 3.8) is 0 Å². The molecular formula is C22H45BN4O6. The smallest absolute Gasteiger partial charge is 0.457 e. The Hall–Kier alpha value is -1.40. The van der Waals surface area contributed by atoms with E-state index in [0.29, 0.717) is 19.2 Å². The van der Waals surface area contributed by atoms with E-state index in [2.05, 4.69) is 5.32 Å². The summed E-state index contributed by atoms with van der Waals surface area (Å²) >= 11 is 0. The molecule has 0 aromatic heterocycles. The minimum absolute atomic E-state index is 0.106. The van der Waals surface area contributed by atoms with E-state index < -0.39 is 34.4 Å². The molecule has 10 nitrogen and oxygen atoms in total. The topological polar surface area (TPSA) is 138 Å². The molecule has 0 bridgehead atoms. The molecule has 0 radical (unpaired) electrons. The summed E-state index contributed by atoms with van der Waals surface area (Å²) in [5.74, 6) is -0.543. The van der Waals surface area contributed by atoms with Gasteiger partial charge in [0.15, 0.2) is 5.54 Å². The zero-order valence-electron chi connectivity index (χ0n) is 21.8. The minimum Gasteiger partial charge on any atom is -0.464 e. The first-order valence-corrected chi connectivity index (χ1v) is 11.8. The Kier molecular flexibility index (Phi) is 10.6. The highest BCUT2D eigenvalue weighted by Crippen LogP contribution is 2.38. The lowest BCUT2D eigenvalue weighted by Gasteiger charge is -2.36. The molecule has 1 fully saturated rings. The fourth-order valence-electron chi connectivity index (χ4n) is 3.57. The molecular weight excluding hydrogens is 427 g/mol. The van der Waals surface area contributed by atoms with Crippen LogP contribution in [-0.2, 0) is 23.6 Å². The molecule has 1 unspecified atom stereocenters. The number of nitrogens with one attached hydrogen (secondary N) is 1. The number of carbonyl (C=O) groups is 2. The van der Waals surface area contributed by atoms with Crippen LogP contribution in [0.3, 0.4) is 0 Å². The van der Waals surface area contributed by atoms with Crippen LogP contribution < -0.4 is 16.8 Å². The normalized spacial score (nSPS) is 19.3. The molecule has 0 spiro atoms. The van der Waals surface area contributed by atoms with E-state index in [1.54, 1.807) is 32.6 Å². The quantitative estimate of drug-likeness (QED) is 0.169. The van der Waals surface area contributed by atoms with Crippen LogP contribution in [0.4, 0.5) is 4.79 Å². The van der Waals surface area contributed by atoms with Gasteiger partial charge in [0.05, 0.1) is 17.8 Å². The van der Waals surface area contributed by atoms with Gasteiger partial charge in [-0.25, -0.2) is 9.59 Å². The van der Waals surface area contributed by atoms with Gasteiger partial charge < -0.3 is 35.6 Å². The number of amides is 1. The zero-order chi connectivity index (χ0) is 25.5. The maximum Gasteiger partial charge on any atom is 0.457 e. The predicted octanol–water partition coefficient (Wildman–Crippen LogP) is 2.21. The molecule has 192 valence electrons. The molecule has 1 heterocycles. The van der Waals surface area contributed by atoms with Crippen molar-refractivity contribution in [3.8, 4) is 0 Å². The number of hydrogen-bond donors (Lipinski definition) is 3. The highest BCUT2D eigenvalue weighted by atomic mass is 16.7. The zero-order valence-corrected chi connectivity index (χ0v) is 21.8. The summed E-state index contributed by atoms with van der Waals surface area (Å²) in [4.78, 5) is 27.4. The second-order valence-corrected chi connectivity index (χ2v) is 10.6. The summed E-state index contributed by atoms with van der Waals surface area (Å²) in [7, 11) is -0.324. The third-order valence-corrected chi connectivity index (χ3v) is 6.01. The molecule has 0 aliphatic carbocycles. The van der Waals surface area contributed by atoms with Gasteiger partial charge in [-0.1, -0.05) is 12.8 Å². The van der Waals surface area contributed by atoms with E-state index in [9.17, 15) is 9.59 Å². The van der Waals surface area contributed by atoms with Crippen molar-refractivity contribution in [2.24, 2.45) is 11.5 Å². The number of carbonyl (C=O) groups excluding carboxylic acids is 2. The summed E-state index contributed by atoms with van der Waals surface area (Å²) in [5.41, 5.74) is 8.74. The van der Waals surface area contributed by atoms with E-state index in [1.807, 2.05) is 27.7 Å². The largest absolute Gasteiger partial charge is 0.464 e. The Morgan fingerprint density at radius 3 is 2.03 bits per heavy atom. The average molecular weight is 472 g/mol. The Bertz CT molecular complexity index is 635. The summed E-state index contributed by atoms with van der Waals surface area (Å²) in [6, 6.07) is 0. The van der Waals surface area contributed by atoms with Crippen LogP contribution in [0.25, 0.3) is 0 Å². The SMILES string of the molecule is CCOC(=O)C(CCCCB1OC(C)(C)C(C)(C)O1)(CN(CN)CN)NC(=O)OC(C)(C)C. The van der Waals surface area contributed by atoms with E-state index in [4.69, 9.17) is 30.2 Å². The highest BCUT2D eigenvalue weighted by molar-refractivity contribution is 6.45. The summed E-state index contributed by atoms with van der Waals surface area (Å²) in [6.45, 7) is 15.6. The molecule has 5 N–H and O–H groups in total. The third-order valence-electron chi connectivity index (χ3n) is 6.01. The number of alkyl carbamates (subject to hydrolysis) is 1. The van der Waals surface area contributed by atoms with E-state index in [0.717, 1.165) is 6.42 Å². The van der Waals surface area contributed by atoms with Gasteiger partial charge in [-0.2, -0.15) is 0 Å². The number of rotatable bonds is 12. The number of nitrogens with two attached hydrogens (primary N) is 2. The van der Waals surface area contributed by atoms with Gasteiger partial charge in [0.2, 0.25) is 0 Å². The monoisotopic (exact) mass is 472 g/mol. The fourth-order valence-corrected chi connectivity index (χ4v) is 3.57. The van der Waals surface area contributed by atoms with Gasteiger partial charge in [-0.05, 0) is 68.1 Å². The van der Waals surface area contributed by atoms with Crippen LogP contribution in [0.1, 0.15) is 74.7 Å². The number of nitrogens with zero attached hydrogens (tertiary/aromatic N) is 1. The highest BCUT2D eigenvalue weighted by Gasteiger charge is 2.50. The molecule has 1 atom stereocenters. The van der Waals surface area contributed by atoms with E-state index in [1.165, 1.54) is 0 Å². The van der Waals surface area contributed by atoms with Gasteiger partial charge >= 0.3 is 19.2 Å². The molecule has 1 rings (SSSR count). The lowest BCUT2D eigenvalue weighted by Crippen LogP contribution is -2.63. The van der Waals surface area contributed by atoms with Crippen molar-refractivity contribution in [1.82, 2.24) is 10.2 Å². The predicted molar refractivity (Wildman–Crippen MR) is 128 cm³/mol. The van der Waals surface area contributed by atoms with Crippen LogP contribution in [0.2, 0.25) is 6.32 Å². The number of unbranched alkanes of at least 4 members (excludes halogenated alkanes) is 1. The maximum atomic E-state index is 13.1. The number of hydrogen-bond acceptors (Lipinski definition) is 9. The van der Waals surface area contributed by atoms with Crippen LogP contribution in [0, 0.1) is 0 Å². The second kappa shape index (κ2) is 11.8. The Labute approximate surface area is 199 Å². The maximum absolute atomic E-state index is 13.1. The summed E-state index contributed by atoms with van der Waals surface area (Å²) in [5, 5.41) is 2.77. The van der Waals surface area contributed by atoms with Gasteiger partial charge in [-0.15, -0.1) is 0 Å². The fraction of sp³-hybridized carbons (Fsp3) is 0.909. The first-order chi connectivity index (χ1) is 15.1. The van der Waals surface area contributed by atoms with Gasteiger partial charge in [0, 0.05) is 19.9 Å². The van der Waals surface area contributed by atoms with Crippen LogP contribution in [0.15, 0.2) is 0 Å². The lowest BCUT2D eigenvalue weighted by atomic mass is 9.80. The Balaban J connectivity index is 2.96. The molecule has 1 amide bonds. The van der Waals surface area contributed by atoms with Crippen molar-refractivity contribution in [2.45, 2.75) is 103 Å². The second-order valence-electron chi connectivity index (χ2n) is 10.6. The van der Waals surface area contributed by atoms with Crippen molar-refractivity contribution < 1.29 is 28.4 Å². The van der Waals surface area contributed by atoms with Crippen LogP contribution >= 0.6 is 0 Å². The van der Waals surface area contributed by atoms with E-state index in [-0.39, 0.29) is 33.6 Å². The van der Waals surface area contributed by atoms with Gasteiger partial charge in [0.25, 0.3) is 0 Å². The summed E-state index contributed by atoms with van der Waals surface area (Å²) in [6.07, 6.45) is 1.62. The Morgan fingerprint density at radius 1 is 1.03 bits per heavy atom. The van der Waals surface area contributed by atoms with E-state index >= 15 is 0 Å². The molecule has 1 aliphatic rings. The standard InChI is InChI=1S/C22H45BN4O6/c1-9-30-17(28)22(14-27(15-24)16-25,26-18(29)31-19(2,3)4)12-10-11-13-23-32-20(5,6)21(7,8)33-23/h9-16,24-25H2,1-8H3,(H,26,29). The molecule has 11 heteroatoms. The first-order valence-electron chi connectivity index (χ1n) is 11.8. The lowest BCUT2D eigenvalue weighted by molar-refractivity contribution is -0.152. The molecule has 0 aromatic carbocycles. The minimum atomic E-state index is -1.35. The Morgan fingerprint density at radius 2 is 1.58 bits per heavy atom.